The Morgan fingerprint density at radius 3 is 2.58 bits per heavy atom. The van der Waals surface area contributed by atoms with Crippen LogP contribution >= 0.6 is 0 Å². The minimum atomic E-state index is 0.678. The molecule has 0 bridgehead atoms. The Morgan fingerprint density at radius 1 is 1.21 bits per heavy atom. The number of hydrogen-bond donors (Lipinski definition) is 0. The molecular formula is C17H28N2. The summed E-state index contributed by atoms with van der Waals surface area (Å²) in [4.78, 5) is 7.05. The molecule has 0 amide bonds. The van der Waals surface area contributed by atoms with E-state index in [1.165, 1.54) is 24.8 Å². The second kappa shape index (κ2) is 9.74. The maximum Gasteiger partial charge on any atom is 0.0517 e. The average molecular weight is 260 g/mol. The van der Waals surface area contributed by atoms with E-state index in [1.54, 1.807) is 0 Å². The number of rotatable bonds is 9. The highest BCUT2D eigenvalue weighted by molar-refractivity contribution is 5.79. The van der Waals surface area contributed by atoms with E-state index in [1.807, 2.05) is 24.4 Å². The number of aliphatic imine (C=N–C) groups is 1. The lowest BCUT2D eigenvalue weighted by Gasteiger charge is -2.27. The van der Waals surface area contributed by atoms with Crippen molar-refractivity contribution in [2.45, 2.75) is 46.1 Å². The van der Waals surface area contributed by atoms with Crippen LogP contribution in [0.15, 0.2) is 35.3 Å². The van der Waals surface area contributed by atoms with E-state index < -0.39 is 0 Å². The largest absolute Gasteiger partial charge is 0.299 e. The van der Waals surface area contributed by atoms with E-state index in [-0.39, 0.29) is 0 Å². The molecule has 1 unspecified atom stereocenters. The molecular weight excluding hydrogens is 232 g/mol. The van der Waals surface area contributed by atoms with Crippen LogP contribution in [0.2, 0.25) is 0 Å². The molecule has 19 heavy (non-hydrogen) atoms. The maximum atomic E-state index is 4.53. The minimum absolute atomic E-state index is 0.678. The van der Waals surface area contributed by atoms with Crippen molar-refractivity contribution < 1.29 is 0 Å². The molecule has 0 fully saturated rings. The summed E-state index contributed by atoms with van der Waals surface area (Å²) in [7, 11) is 0. The van der Waals surface area contributed by atoms with Gasteiger partial charge in [0.05, 0.1) is 6.54 Å². The van der Waals surface area contributed by atoms with Gasteiger partial charge in [0, 0.05) is 18.8 Å². The molecule has 0 spiro atoms. The first-order chi connectivity index (χ1) is 9.27. The topological polar surface area (TPSA) is 15.6 Å². The van der Waals surface area contributed by atoms with Gasteiger partial charge in [0.15, 0.2) is 0 Å². The molecule has 106 valence electrons. The monoisotopic (exact) mass is 260 g/mol. The van der Waals surface area contributed by atoms with Crippen molar-refractivity contribution in [3.8, 4) is 0 Å². The standard InChI is InChI=1S/C17H28N2/c1-4-6-10-16(3)19(5-2)14-13-18-15-17-11-8-7-9-12-17/h7-9,11-12,15-16H,4-6,10,13-14H2,1-3H3. The van der Waals surface area contributed by atoms with Crippen LogP contribution < -0.4 is 0 Å². The summed E-state index contributed by atoms with van der Waals surface area (Å²) in [6, 6.07) is 11.0. The van der Waals surface area contributed by atoms with E-state index in [2.05, 4.69) is 42.8 Å². The maximum absolute atomic E-state index is 4.53. The van der Waals surface area contributed by atoms with Crippen LogP contribution in [0.4, 0.5) is 0 Å². The highest BCUT2D eigenvalue weighted by Crippen LogP contribution is 2.07. The Labute approximate surface area is 118 Å². The third-order valence-corrected chi connectivity index (χ3v) is 3.56. The molecule has 1 atom stereocenters. The van der Waals surface area contributed by atoms with Gasteiger partial charge in [-0.1, -0.05) is 57.0 Å². The molecule has 0 aliphatic carbocycles. The van der Waals surface area contributed by atoms with E-state index >= 15 is 0 Å². The Bertz CT molecular complexity index is 346. The van der Waals surface area contributed by atoms with Crippen molar-refractivity contribution in [2.75, 3.05) is 19.6 Å². The van der Waals surface area contributed by atoms with Gasteiger partial charge in [-0.2, -0.15) is 0 Å². The van der Waals surface area contributed by atoms with Gasteiger partial charge in [0.25, 0.3) is 0 Å². The molecule has 0 aliphatic heterocycles. The molecule has 1 rings (SSSR count). The fourth-order valence-electron chi connectivity index (χ4n) is 2.27. The number of likely N-dealkylation sites (N-methyl/N-ethyl adjacent to an activating group) is 1. The Kier molecular flexibility index (Phi) is 8.15. The molecule has 0 saturated heterocycles. The number of nitrogens with zero attached hydrogens (tertiary/aromatic N) is 2. The molecule has 1 aromatic rings. The van der Waals surface area contributed by atoms with Crippen LogP contribution in [-0.4, -0.2) is 36.8 Å². The van der Waals surface area contributed by atoms with Crippen molar-refractivity contribution in [2.24, 2.45) is 4.99 Å². The van der Waals surface area contributed by atoms with Crippen LogP contribution in [-0.2, 0) is 0 Å². The van der Waals surface area contributed by atoms with E-state index in [0.717, 1.165) is 19.6 Å². The highest BCUT2D eigenvalue weighted by atomic mass is 15.1. The van der Waals surface area contributed by atoms with Crippen LogP contribution in [0.3, 0.4) is 0 Å². The molecule has 0 aliphatic rings. The Hall–Kier alpha value is -1.15. The summed E-state index contributed by atoms with van der Waals surface area (Å²) < 4.78 is 0. The fraction of sp³-hybridized carbons (Fsp3) is 0.588. The molecule has 2 nitrogen and oxygen atoms in total. The van der Waals surface area contributed by atoms with E-state index in [0.29, 0.717) is 6.04 Å². The molecule has 0 aromatic heterocycles. The second-order valence-corrected chi connectivity index (χ2v) is 5.07. The van der Waals surface area contributed by atoms with Crippen LogP contribution in [0.25, 0.3) is 0 Å². The Morgan fingerprint density at radius 2 is 1.95 bits per heavy atom. The third-order valence-electron chi connectivity index (χ3n) is 3.56. The average Bonchev–Trinajstić information content (AvgIpc) is 2.46. The molecule has 1 aromatic carbocycles. The van der Waals surface area contributed by atoms with Gasteiger partial charge in [-0.15, -0.1) is 0 Å². The number of benzene rings is 1. The summed E-state index contributed by atoms with van der Waals surface area (Å²) in [5, 5.41) is 0. The van der Waals surface area contributed by atoms with Crippen LogP contribution in [0.5, 0.6) is 0 Å². The molecule has 0 heterocycles. The van der Waals surface area contributed by atoms with Crippen molar-refractivity contribution in [3.63, 3.8) is 0 Å². The van der Waals surface area contributed by atoms with E-state index in [9.17, 15) is 0 Å². The predicted octanol–water partition coefficient (Wildman–Crippen LogP) is 4.01. The first-order valence-electron chi connectivity index (χ1n) is 7.56. The molecule has 2 heteroatoms. The van der Waals surface area contributed by atoms with Crippen LogP contribution in [0.1, 0.15) is 45.6 Å². The van der Waals surface area contributed by atoms with Crippen molar-refractivity contribution >= 4 is 6.21 Å². The van der Waals surface area contributed by atoms with Gasteiger partial charge < -0.3 is 0 Å². The number of unbranched alkanes of at least 4 members (excludes halogenated alkanes) is 1. The second-order valence-electron chi connectivity index (χ2n) is 5.07. The lowest BCUT2D eigenvalue weighted by atomic mass is 10.1. The quantitative estimate of drug-likeness (QED) is 0.613. The normalized spacial score (nSPS) is 13.3. The minimum Gasteiger partial charge on any atom is -0.299 e. The zero-order valence-corrected chi connectivity index (χ0v) is 12.7. The zero-order chi connectivity index (χ0) is 13.9. The van der Waals surface area contributed by atoms with Gasteiger partial charge in [-0.05, 0) is 25.5 Å². The lowest BCUT2D eigenvalue weighted by molar-refractivity contribution is 0.213. The molecule has 0 radical (unpaired) electrons. The van der Waals surface area contributed by atoms with Gasteiger partial charge in [0.2, 0.25) is 0 Å². The summed E-state index contributed by atoms with van der Waals surface area (Å²) >= 11 is 0. The summed E-state index contributed by atoms with van der Waals surface area (Å²) in [5.41, 5.74) is 1.18. The first-order valence-corrected chi connectivity index (χ1v) is 7.56. The predicted molar refractivity (Wildman–Crippen MR) is 85.1 cm³/mol. The first kappa shape index (κ1) is 15.9. The van der Waals surface area contributed by atoms with Gasteiger partial charge in [-0.25, -0.2) is 0 Å². The van der Waals surface area contributed by atoms with Crippen molar-refractivity contribution in [1.82, 2.24) is 4.90 Å². The molecule has 0 N–H and O–H groups in total. The highest BCUT2D eigenvalue weighted by Gasteiger charge is 2.10. The van der Waals surface area contributed by atoms with Crippen molar-refractivity contribution in [1.29, 1.82) is 0 Å². The zero-order valence-electron chi connectivity index (χ0n) is 12.7. The summed E-state index contributed by atoms with van der Waals surface area (Å²) in [5.74, 6) is 0. The third kappa shape index (κ3) is 6.53. The summed E-state index contributed by atoms with van der Waals surface area (Å²) in [6.45, 7) is 9.90. The van der Waals surface area contributed by atoms with Gasteiger partial charge in [-0.3, -0.25) is 9.89 Å². The SMILES string of the molecule is CCCCC(C)N(CC)CCN=Cc1ccccc1. The Balaban J connectivity index is 2.31. The summed E-state index contributed by atoms with van der Waals surface area (Å²) in [6.07, 6.45) is 5.89. The lowest BCUT2D eigenvalue weighted by Crippen LogP contribution is -2.34. The van der Waals surface area contributed by atoms with Crippen molar-refractivity contribution in [3.05, 3.63) is 35.9 Å². The smallest absolute Gasteiger partial charge is 0.0517 e. The van der Waals surface area contributed by atoms with Gasteiger partial charge >= 0.3 is 0 Å². The molecule has 0 saturated carbocycles. The fourth-order valence-corrected chi connectivity index (χ4v) is 2.27. The number of hydrogen-bond acceptors (Lipinski definition) is 2. The van der Waals surface area contributed by atoms with Crippen LogP contribution in [0, 0.1) is 0 Å². The van der Waals surface area contributed by atoms with Gasteiger partial charge in [0.1, 0.15) is 0 Å². The van der Waals surface area contributed by atoms with E-state index in [4.69, 9.17) is 0 Å².